The fourth-order valence-corrected chi connectivity index (χ4v) is 2.00. The Morgan fingerprint density at radius 1 is 1.16 bits per heavy atom. The van der Waals surface area contributed by atoms with Gasteiger partial charge < -0.3 is 0 Å². The predicted octanol–water partition coefficient (Wildman–Crippen LogP) is 1.16. The minimum atomic E-state index is -5.93. The first-order chi connectivity index (χ1) is 8.30. The fraction of sp³-hybridized carbons (Fsp3) is 0.714. The summed E-state index contributed by atoms with van der Waals surface area (Å²) in [4.78, 5) is 0. The van der Waals surface area contributed by atoms with Crippen LogP contribution in [0.15, 0.2) is 5.16 Å². The molecule has 0 radical (unpaired) electrons. The number of hydrogen-bond acceptors (Lipinski definition) is 4. The highest BCUT2D eigenvalue weighted by molar-refractivity contribution is 7.89. The third kappa shape index (κ3) is 2.68. The van der Waals surface area contributed by atoms with Gasteiger partial charge in [-0.25, -0.2) is 13.6 Å². The quantitative estimate of drug-likeness (QED) is 0.848. The van der Waals surface area contributed by atoms with Crippen molar-refractivity contribution in [2.45, 2.75) is 37.1 Å². The van der Waals surface area contributed by atoms with E-state index in [0.717, 1.165) is 0 Å². The van der Waals surface area contributed by atoms with Gasteiger partial charge in [-0.3, -0.25) is 4.57 Å². The zero-order valence-electron chi connectivity index (χ0n) is 9.61. The summed E-state index contributed by atoms with van der Waals surface area (Å²) >= 11 is 0. The van der Waals surface area contributed by atoms with Crippen LogP contribution in [-0.4, -0.2) is 29.4 Å². The van der Waals surface area contributed by atoms with E-state index in [4.69, 9.17) is 0 Å². The lowest BCUT2D eigenvalue weighted by Gasteiger charge is -2.21. The third-order valence-corrected chi connectivity index (χ3v) is 2.86. The van der Waals surface area contributed by atoms with Crippen LogP contribution in [0.25, 0.3) is 0 Å². The molecule has 6 nitrogen and oxygen atoms in total. The van der Waals surface area contributed by atoms with Crippen molar-refractivity contribution in [1.29, 1.82) is 0 Å². The Morgan fingerprint density at radius 2 is 1.63 bits per heavy atom. The highest BCUT2D eigenvalue weighted by atomic mass is 32.2. The maximum Gasteiger partial charge on any atom is 0.461 e. The van der Waals surface area contributed by atoms with Gasteiger partial charge in [-0.15, -0.1) is 10.2 Å². The summed E-state index contributed by atoms with van der Waals surface area (Å²) in [5.41, 5.74) is 0. The normalized spacial score (nSPS) is 14.2. The lowest BCUT2D eigenvalue weighted by atomic mass is 10.3. The molecule has 0 amide bonds. The molecule has 0 unspecified atom stereocenters. The van der Waals surface area contributed by atoms with E-state index < -0.39 is 39.1 Å². The Hall–Kier alpha value is -1.30. The molecule has 1 rings (SSSR count). The van der Waals surface area contributed by atoms with Crippen LogP contribution in [0.3, 0.4) is 0 Å². The molecule has 0 aliphatic heterocycles. The highest BCUT2D eigenvalue weighted by Crippen LogP contribution is 2.43. The Morgan fingerprint density at radius 3 is 1.95 bits per heavy atom. The summed E-state index contributed by atoms with van der Waals surface area (Å²) in [6.45, 7) is 2.38. The average molecular weight is 308 g/mol. The Kier molecular flexibility index (Phi) is 3.62. The molecule has 0 saturated heterocycles. The monoisotopic (exact) mass is 308 g/mol. The summed E-state index contributed by atoms with van der Waals surface area (Å²) in [6, 6.07) is -1.06. The summed E-state index contributed by atoms with van der Waals surface area (Å²) in [6.07, 6.45) is -5.93. The molecular formula is C7H9F5N4O2S. The van der Waals surface area contributed by atoms with Crippen molar-refractivity contribution in [3.8, 4) is 0 Å². The molecule has 0 saturated carbocycles. The largest absolute Gasteiger partial charge is 0.461 e. The molecule has 1 heterocycles. The van der Waals surface area contributed by atoms with Gasteiger partial charge in [0.05, 0.1) is 0 Å². The Balaban J connectivity index is 3.61. The van der Waals surface area contributed by atoms with E-state index in [1.807, 2.05) is 0 Å². The molecule has 1 aromatic rings. The second-order valence-corrected chi connectivity index (χ2v) is 5.34. The molecule has 12 heteroatoms. The van der Waals surface area contributed by atoms with Gasteiger partial charge in [0.1, 0.15) is 0 Å². The molecule has 0 atom stereocenters. The van der Waals surface area contributed by atoms with E-state index in [1.54, 1.807) is 0 Å². The summed E-state index contributed by atoms with van der Waals surface area (Å²) in [7, 11) is -4.57. The predicted molar refractivity (Wildman–Crippen MR) is 51.7 cm³/mol. The van der Waals surface area contributed by atoms with Gasteiger partial charge in [-0.05, 0) is 13.8 Å². The van der Waals surface area contributed by atoms with Gasteiger partial charge in [-0.2, -0.15) is 22.0 Å². The summed E-state index contributed by atoms with van der Waals surface area (Å²) < 4.78 is 85.5. The minimum absolute atomic E-state index is 0.142. The standard InChI is InChI=1S/C7H9F5N4O2S/c1-3(2)16-4(6(8,9)7(10,11)12)14-15-5(16)19(13,17)18/h3H,1-2H3,(H2,13,17,18). The maximum absolute atomic E-state index is 13.2. The van der Waals surface area contributed by atoms with Crippen molar-refractivity contribution in [3.05, 3.63) is 5.82 Å². The third-order valence-electron chi connectivity index (χ3n) is 2.07. The first kappa shape index (κ1) is 15.8. The number of alkyl halides is 5. The molecule has 19 heavy (non-hydrogen) atoms. The number of primary sulfonamides is 1. The lowest BCUT2D eigenvalue weighted by Crippen LogP contribution is -2.37. The Bertz CT molecular complexity index is 577. The molecule has 2 N–H and O–H groups in total. The zero-order valence-corrected chi connectivity index (χ0v) is 10.4. The van der Waals surface area contributed by atoms with Crippen LogP contribution in [0, 0.1) is 0 Å². The summed E-state index contributed by atoms with van der Waals surface area (Å²) in [5.74, 6) is -7.16. The van der Waals surface area contributed by atoms with Crippen molar-refractivity contribution in [2.24, 2.45) is 5.14 Å². The number of aromatic nitrogens is 3. The number of hydrogen-bond donors (Lipinski definition) is 1. The van der Waals surface area contributed by atoms with Gasteiger partial charge >= 0.3 is 12.1 Å². The lowest BCUT2D eigenvalue weighted by molar-refractivity contribution is -0.293. The Labute approximate surface area is 104 Å². The van der Waals surface area contributed by atoms with Crippen LogP contribution in [0.2, 0.25) is 0 Å². The van der Waals surface area contributed by atoms with Crippen LogP contribution in [0.5, 0.6) is 0 Å². The van der Waals surface area contributed by atoms with Crippen LogP contribution < -0.4 is 5.14 Å². The first-order valence-electron chi connectivity index (χ1n) is 4.73. The van der Waals surface area contributed by atoms with Gasteiger partial charge in [0.2, 0.25) is 5.82 Å². The van der Waals surface area contributed by atoms with Crippen molar-refractivity contribution in [3.63, 3.8) is 0 Å². The molecule has 1 aromatic heterocycles. The van der Waals surface area contributed by atoms with Gasteiger partial charge in [0, 0.05) is 6.04 Å². The van der Waals surface area contributed by atoms with Crippen LogP contribution >= 0.6 is 0 Å². The zero-order chi connectivity index (χ0) is 15.2. The molecule has 0 aliphatic rings. The second-order valence-electron chi connectivity index (χ2n) is 3.89. The minimum Gasteiger partial charge on any atom is -0.293 e. The van der Waals surface area contributed by atoms with E-state index in [2.05, 4.69) is 15.3 Å². The van der Waals surface area contributed by atoms with Crippen molar-refractivity contribution in [2.75, 3.05) is 0 Å². The average Bonchev–Trinajstić information content (AvgIpc) is 2.58. The van der Waals surface area contributed by atoms with E-state index >= 15 is 0 Å². The van der Waals surface area contributed by atoms with Crippen LogP contribution in [0.4, 0.5) is 22.0 Å². The fourth-order valence-electron chi connectivity index (χ4n) is 1.28. The van der Waals surface area contributed by atoms with Crippen molar-refractivity contribution >= 4 is 10.0 Å². The number of halogens is 5. The van der Waals surface area contributed by atoms with Crippen molar-refractivity contribution in [1.82, 2.24) is 14.8 Å². The second kappa shape index (κ2) is 4.37. The van der Waals surface area contributed by atoms with E-state index in [-0.39, 0.29) is 4.57 Å². The molecular weight excluding hydrogens is 299 g/mol. The molecule has 0 bridgehead atoms. The van der Waals surface area contributed by atoms with Gasteiger partial charge in [0.25, 0.3) is 15.2 Å². The van der Waals surface area contributed by atoms with E-state index in [0.29, 0.717) is 0 Å². The van der Waals surface area contributed by atoms with Crippen molar-refractivity contribution < 1.29 is 30.4 Å². The number of nitrogens with zero attached hydrogens (tertiary/aromatic N) is 3. The van der Waals surface area contributed by atoms with E-state index in [1.165, 1.54) is 13.8 Å². The number of nitrogens with two attached hydrogens (primary N) is 1. The molecule has 0 aliphatic carbocycles. The topological polar surface area (TPSA) is 90.9 Å². The molecule has 0 aromatic carbocycles. The van der Waals surface area contributed by atoms with Crippen LogP contribution in [-0.2, 0) is 15.9 Å². The van der Waals surface area contributed by atoms with E-state index in [9.17, 15) is 30.4 Å². The molecule has 0 spiro atoms. The first-order valence-corrected chi connectivity index (χ1v) is 6.27. The SMILES string of the molecule is CC(C)n1c(C(F)(F)C(F)(F)F)nnc1S(N)(=O)=O. The number of rotatable bonds is 3. The molecule has 110 valence electrons. The highest BCUT2D eigenvalue weighted by Gasteiger charge is 2.62. The van der Waals surface area contributed by atoms with Crippen LogP contribution in [0.1, 0.15) is 25.7 Å². The number of sulfonamides is 1. The molecule has 0 fully saturated rings. The van der Waals surface area contributed by atoms with Gasteiger partial charge in [0.15, 0.2) is 0 Å². The maximum atomic E-state index is 13.2. The van der Waals surface area contributed by atoms with Gasteiger partial charge in [-0.1, -0.05) is 0 Å². The summed E-state index contributed by atoms with van der Waals surface area (Å²) in [5, 5.41) is 8.97. The smallest absolute Gasteiger partial charge is 0.293 e.